The van der Waals surface area contributed by atoms with Gasteiger partial charge in [0.2, 0.25) is 0 Å². The second-order valence-corrected chi connectivity index (χ2v) is 18.0. The molecule has 5 rings (SSSR count). The van der Waals surface area contributed by atoms with Gasteiger partial charge in [-0.1, -0.05) is 72.6 Å². The minimum Gasteiger partial charge on any atom is -0.481 e. The number of esters is 2. The topological polar surface area (TPSA) is 89.9 Å². The second kappa shape index (κ2) is 11.3. The van der Waals surface area contributed by atoms with Crippen molar-refractivity contribution in [1.29, 1.82) is 0 Å². The highest BCUT2D eigenvalue weighted by molar-refractivity contribution is 5.84. The summed E-state index contributed by atoms with van der Waals surface area (Å²) >= 11 is 0. The summed E-state index contributed by atoms with van der Waals surface area (Å²) in [6.45, 7) is 22.3. The molecule has 5 aliphatic carbocycles. The summed E-state index contributed by atoms with van der Waals surface area (Å²) in [5.41, 5.74) is 0.773. The summed E-state index contributed by atoms with van der Waals surface area (Å²) in [5, 5.41) is 11.0. The van der Waals surface area contributed by atoms with Crippen LogP contribution in [-0.4, -0.2) is 35.2 Å². The maximum Gasteiger partial charge on any atom is 0.330 e. The highest BCUT2D eigenvalue weighted by Crippen LogP contribution is 2.76. The Balaban J connectivity index is 1.53. The molecule has 5 aliphatic rings. The van der Waals surface area contributed by atoms with Crippen LogP contribution in [0.15, 0.2) is 23.3 Å². The first-order chi connectivity index (χ1) is 20.8. The van der Waals surface area contributed by atoms with Gasteiger partial charge < -0.3 is 14.6 Å². The van der Waals surface area contributed by atoms with E-state index in [1.165, 1.54) is 11.6 Å². The standard InChI is InChI=1S/C39H60O6/c1-11-12-31(40)44-29-16-17-36(8)27(35(29,6)7)15-18-38(10)28(36)14-13-25-26-22-34(4,5)23-30(45-32(41)21-24(2)3)39(26,33(42)43)20-19-37(25,38)9/h13,21,26-30H,11-12,14-20,22-23H2,1-10H3,(H,42,43)/t26-,27-,28+,29-,30+,36-,37+,38+,39-/m0/s1. The molecular weight excluding hydrogens is 564 g/mol. The Labute approximate surface area is 272 Å². The molecule has 0 aromatic carbocycles. The third-order valence-electron chi connectivity index (χ3n) is 14.4. The number of rotatable bonds is 6. The van der Waals surface area contributed by atoms with E-state index in [9.17, 15) is 19.5 Å². The average molecular weight is 625 g/mol. The van der Waals surface area contributed by atoms with Crippen LogP contribution in [0.3, 0.4) is 0 Å². The van der Waals surface area contributed by atoms with Gasteiger partial charge in [-0.05, 0) is 112 Å². The monoisotopic (exact) mass is 624 g/mol. The number of carboxylic acids is 1. The number of ether oxygens (including phenoxy) is 2. The van der Waals surface area contributed by atoms with Crippen LogP contribution in [0.25, 0.3) is 0 Å². The smallest absolute Gasteiger partial charge is 0.330 e. The molecule has 1 N–H and O–H groups in total. The summed E-state index contributed by atoms with van der Waals surface area (Å²) in [4.78, 5) is 39.0. The zero-order valence-corrected chi connectivity index (χ0v) is 29.8. The van der Waals surface area contributed by atoms with E-state index < -0.39 is 23.5 Å². The molecule has 0 spiro atoms. The summed E-state index contributed by atoms with van der Waals surface area (Å²) < 4.78 is 12.3. The molecule has 6 heteroatoms. The second-order valence-electron chi connectivity index (χ2n) is 18.0. The van der Waals surface area contributed by atoms with Gasteiger partial charge in [-0.25, -0.2) is 4.79 Å². The van der Waals surface area contributed by atoms with Gasteiger partial charge in [0.15, 0.2) is 0 Å². The molecule has 252 valence electrons. The lowest BCUT2D eigenvalue weighted by Gasteiger charge is -2.71. The molecular formula is C39H60O6. The van der Waals surface area contributed by atoms with Crippen molar-refractivity contribution in [1.82, 2.24) is 0 Å². The van der Waals surface area contributed by atoms with Crippen molar-refractivity contribution in [3.05, 3.63) is 23.3 Å². The highest BCUT2D eigenvalue weighted by atomic mass is 16.5. The molecule has 4 saturated carbocycles. The quantitative estimate of drug-likeness (QED) is 0.180. The van der Waals surface area contributed by atoms with E-state index in [0.717, 1.165) is 56.9 Å². The van der Waals surface area contributed by atoms with E-state index in [0.29, 0.717) is 31.1 Å². The van der Waals surface area contributed by atoms with Crippen LogP contribution in [-0.2, 0) is 23.9 Å². The molecule has 0 heterocycles. The maximum atomic E-state index is 13.5. The summed E-state index contributed by atoms with van der Waals surface area (Å²) in [6, 6.07) is 0. The molecule has 9 atom stereocenters. The number of carbonyl (C=O) groups excluding carboxylic acids is 2. The Hall–Kier alpha value is -2.11. The van der Waals surface area contributed by atoms with Crippen molar-refractivity contribution in [3.63, 3.8) is 0 Å². The molecule has 0 unspecified atom stereocenters. The number of carbonyl (C=O) groups is 3. The van der Waals surface area contributed by atoms with Gasteiger partial charge in [-0.3, -0.25) is 9.59 Å². The lowest BCUT2D eigenvalue weighted by atomic mass is 9.33. The maximum absolute atomic E-state index is 13.5. The van der Waals surface area contributed by atoms with Crippen molar-refractivity contribution in [2.75, 3.05) is 0 Å². The summed E-state index contributed by atoms with van der Waals surface area (Å²) in [6.07, 6.45) is 12.2. The molecule has 0 amide bonds. The van der Waals surface area contributed by atoms with Gasteiger partial charge >= 0.3 is 17.9 Å². The van der Waals surface area contributed by atoms with Gasteiger partial charge in [-0.15, -0.1) is 0 Å². The number of hydrogen-bond acceptors (Lipinski definition) is 5. The SMILES string of the molecule is CCCC(=O)O[C@H]1CC[C@]2(C)[C@H]3CC=C4[C@@H]5CC(C)(C)C[C@@H](OC(=O)C=C(C)C)[C@]5(C(=O)O)CC[C@@]4(C)[C@]3(C)CC[C@H]2C1(C)C. The van der Waals surface area contributed by atoms with Gasteiger partial charge in [0.1, 0.15) is 17.6 Å². The Kier molecular flexibility index (Phi) is 8.56. The normalized spacial score (nSPS) is 42.8. The van der Waals surface area contributed by atoms with Crippen molar-refractivity contribution in [3.8, 4) is 0 Å². The number of hydrogen-bond donors (Lipinski definition) is 1. The molecule has 0 saturated heterocycles. The number of carboxylic acid groups (broad SMARTS) is 1. The van der Waals surface area contributed by atoms with E-state index in [1.807, 2.05) is 20.8 Å². The van der Waals surface area contributed by atoms with Gasteiger partial charge in [0.25, 0.3) is 0 Å². The lowest BCUT2D eigenvalue weighted by Crippen LogP contribution is -2.67. The van der Waals surface area contributed by atoms with Crippen LogP contribution >= 0.6 is 0 Å². The Morgan fingerprint density at radius 2 is 1.58 bits per heavy atom. The number of allylic oxidation sites excluding steroid dienone is 3. The van der Waals surface area contributed by atoms with Crippen molar-refractivity contribution >= 4 is 17.9 Å². The fraction of sp³-hybridized carbons (Fsp3) is 0.821. The van der Waals surface area contributed by atoms with E-state index in [-0.39, 0.29) is 45.1 Å². The Morgan fingerprint density at radius 1 is 0.889 bits per heavy atom. The molecule has 45 heavy (non-hydrogen) atoms. The molecule has 0 aromatic heterocycles. The predicted molar refractivity (Wildman–Crippen MR) is 176 cm³/mol. The van der Waals surface area contributed by atoms with Crippen LogP contribution in [0, 0.1) is 50.2 Å². The van der Waals surface area contributed by atoms with Crippen LogP contribution in [0.4, 0.5) is 0 Å². The van der Waals surface area contributed by atoms with E-state index in [4.69, 9.17) is 9.47 Å². The minimum absolute atomic E-state index is 0.0185. The minimum atomic E-state index is -1.11. The first-order valence-electron chi connectivity index (χ1n) is 17.8. The summed E-state index contributed by atoms with van der Waals surface area (Å²) in [5.74, 6) is -0.577. The highest BCUT2D eigenvalue weighted by Gasteiger charge is 2.71. The zero-order chi connectivity index (χ0) is 33.4. The largest absolute Gasteiger partial charge is 0.481 e. The van der Waals surface area contributed by atoms with Crippen LogP contribution < -0.4 is 0 Å². The van der Waals surface area contributed by atoms with E-state index in [2.05, 4.69) is 54.5 Å². The van der Waals surface area contributed by atoms with Gasteiger partial charge in [-0.2, -0.15) is 0 Å². The Morgan fingerprint density at radius 3 is 2.20 bits per heavy atom. The third-order valence-corrected chi connectivity index (χ3v) is 14.4. The third kappa shape index (κ3) is 5.14. The van der Waals surface area contributed by atoms with E-state index in [1.54, 1.807) is 0 Å². The molecule has 0 aromatic rings. The Bertz CT molecular complexity index is 1290. The molecule has 0 aliphatic heterocycles. The van der Waals surface area contributed by atoms with Crippen molar-refractivity contribution in [2.45, 2.75) is 152 Å². The molecule has 0 radical (unpaired) electrons. The first kappa shape index (κ1) is 34.2. The fourth-order valence-corrected chi connectivity index (χ4v) is 12.0. The van der Waals surface area contributed by atoms with Crippen LogP contribution in [0.2, 0.25) is 0 Å². The van der Waals surface area contributed by atoms with Crippen molar-refractivity contribution < 1.29 is 29.0 Å². The van der Waals surface area contributed by atoms with Gasteiger partial charge in [0.05, 0.1) is 0 Å². The number of aliphatic carboxylic acids is 1. The summed E-state index contributed by atoms with van der Waals surface area (Å²) in [7, 11) is 0. The fourth-order valence-electron chi connectivity index (χ4n) is 12.0. The molecule has 6 nitrogen and oxygen atoms in total. The molecule has 4 fully saturated rings. The average Bonchev–Trinajstić information content (AvgIpc) is 2.89. The zero-order valence-electron chi connectivity index (χ0n) is 29.8. The van der Waals surface area contributed by atoms with E-state index >= 15 is 0 Å². The van der Waals surface area contributed by atoms with Crippen LogP contribution in [0.5, 0.6) is 0 Å². The van der Waals surface area contributed by atoms with Gasteiger partial charge in [0, 0.05) is 23.8 Å². The van der Waals surface area contributed by atoms with Crippen molar-refractivity contribution in [2.24, 2.45) is 50.2 Å². The van der Waals surface area contributed by atoms with Crippen LogP contribution in [0.1, 0.15) is 140 Å². The first-order valence-corrected chi connectivity index (χ1v) is 17.8. The lowest BCUT2D eigenvalue weighted by molar-refractivity contribution is -0.220. The number of fused-ring (bicyclic) bond motifs is 7. The predicted octanol–water partition coefficient (Wildman–Crippen LogP) is 9.07. The molecule has 0 bridgehead atoms.